The summed E-state index contributed by atoms with van der Waals surface area (Å²) in [5.41, 5.74) is 1.73. The molecular formula is C18H23ClN4O3. The molecule has 140 valence electrons. The Bertz CT molecular complexity index is 717. The molecule has 3 aliphatic rings. The standard InChI is InChI=1S/C18H22N4O3.ClH/c23-15-10-20-17(25)22(15)11-12-2-1-3-13(8-12)21-16(24)14-9-18(14)4-6-19-7-5-18;/h1-3,8,14,19H,4-7,9-11H2,(H,20,25)(H,21,24);1H. The van der Waals surface area contributed by atoms with Crippen molar-refractivity contribution in [2.24, 2.45) is 11.3 Å². The number of amides is 4. The van der Waals surface area contributed by atoms with Gasteiger partial charge in [0.05, 0.1) is 13.1 Å². The third kappa shape index (κ3) is 3.54. The minimum Gasteiger partial charge on any atom is -0.329 e. The zero-order chi connectivity index (χ0) is 17.4. The van der Waals surface area contributed by atoms with Crippen molar-refractivity contribution < 1.29 is 14.4 Å². The summed E-state index contributed by atoms with van der Waals surface area (Å²) in [6.45, 7) is 2.25. The van der Waals surface area contributed by atoms with Crippen molar-refractivity contribution in [3.63, 3.8) is 0 Å². The van der Waals surface area contributed by atoms with Crippen LogP contribution in [0.4, 0.5) is 10.5 Å². The first kappa shape index (κ1) is 18.7. The van der Waals surface area contributed by atoms with Gasteiger partial charge in [-0.05, 0) is 55.5 Å². The molecule has 2 saturated heterocycles. The van der Waals surface area contributed by atoms with Gasteiger partial charge in [0.2, 0.25) is 11.8 Å². The van der Waals surface area contributed by atoms with E-state index in [9.17, 15) is 14.4 Å². The van der Waals surface area contributed by atoms with E-state index in [1.165, 1.54) is 4.90 Å². The van der Waals surface area contributed by atoms with Crippen LogP contribution in [0.3, 0.4) is 0 Å². The van der Waals surface area contributed by atoms with E-state index < -0.39 is 0 Å². The van der Waals surface area contributed by atoms with E-state index in [2.05, 4.69) is 16.0 Å². The summed E-state index contributed by atoms with van der Waals surface area (Å²) in [6, 6.07) is 6.97. The highest BCUT2D eigenvalue weighted by atomic mass is 35.5. The van der Waals surface area contributed by atoms with Crippen LogP contribution < -0.4 is 16.0 Å². The van der Waals surface area contributed by atoms with E-state index in [-0.39, 0.29) is 54.7 Å². The monoisotopic (exact) mass is 378 g/mol. The fourth-order valence-electron chi connectivity index (χ4n) is 3.97. The molecule has 1 aromatic rings. The zero-order valence-corrected chi connectivity index (χ0v) is 15.2. The topological polar surface area (TPSA) is 90.5 Å². The number of nitrogens with one attached hydrogen (secondary N) is 3. The molecule has 1 aromatic carbocycles. The molecule has 4 amide bonds. The molecule has 3 fully saturated rings. The highest BCUT2D eigenvalue weighted by Crippen LogP contribution is 2.58. The van der Waals surface area contributed by atoms with Crippen LogP contribution in [0.2, 0.25) is 0 Å². The first-order valence-electron chi connectivity index (χ1n) is 8.76. The van der Waals surface area contributed by atoms with Gasteiger partial charge in [-0.15, -0.1) is 12.4 Å². The summed E-state index contributed by atoms with van der Waals surface area (Å²) >= 11 is 0. The van der Waals surface area contributed by atoms with Crippen LogP contribution in [-0.2, 0) is 16.1 Å². The number of benzene rings is 1. The van der Waals surface area contributed by atoms with Gasteiger partial charge in [0.25, 0.3) is 0 Å². The molecule has 2 heterocycles. The number of anilines is 1. The van der Waals surface area contributed by atoms with Crippen molar-refractivity contribution in [1.82, 2.24) is 15.5 Å². The lowest BCUT2D eigenvalue weighted by Gasteiger charge is -2.23. The van der Waals surface area contributed by atoms with E-state index in [1.807, 2.05) is 24.3 Å². The maximum atomic E-state index is 12.5. The first-order chi connectivity index (χ1) is 12.1. The number of carbonyl (C=O) groups is 3. The number of imide groups is 1. The molecule has 26 heavy (non-hydrogen) atoms. The number of halogens is 1. The highest BCUT2D eigenvalue weighted by Gasteiger charge is 2.57. The first-order valence-corrected chi connectivity index (χ1v) is 8.76. The van der Waals surface area contributed by atoms with E-state index in [0.717, 1.165) is 37.9 Å². The molecule has 1 spiro atoms. The van der Waals surface area contributed by atoms with Gasteiger partial charge in [-0.1, -0.05) is 12.1 Å². The Morgan fingerprint density at radius 3 is 2.73 bits per heavy atom. The Labute approximate surface area is 158 Å². The molecule has 2 aliphatic heterocycles. The van der Waals surface area contributed by atoms with E-state index >= 15 is 0 Å². The van der Waals surface area contributed by atoms with Gasteiger partial charge in [-0.2, -0.15) is 0 Å². The summed E-state index contributed by atoms with van der Waals surface area (Å²) < 4.78 is 0. The van der Waals surface area contributed by atoms with Gasteiger partial charge in [-0.3, -0.25) is 14.5 Å². The van der Waals surface area contributed by atoms with Gasteiger partial charge >= 0.3 is 6.03 Å². The maximum absolute atomic E-state index is 12.5. The van der Waals surface area contributed by atoms with Crippen LogP contribution in [0.25, 0.3) is 0 Å². The van der Waals surface area contributed by atoms with Crippen molar-refractivity contribution in [3.05, 3.63) is 29.8 Å². The number of piperidine rings is 1. The molecular weight excluding hydrogens is 356 g/mol. The van der Waals surface area contributed by atoms with Crippen LogP contribution in [0.15, 0.2) is 24.3 Å². The lowest BCUT2D eigenvalue weighted by atomic mass is 9.92. The molecule has 1 atom stereocenters. The molecule has 0 bridgehead atoms. The third-order valence-corrected chi connectivity index (χ3v) is 5.58. The summed E-state index contributed by atoms with van der Waals surface area (Å²) in [7, 11) is 0. The molecule has 3 N–H and O–H groups in total. The summed E-state index contributed by atoms with van der Waals surface area (Å²) in [5.74, 6) is -0.0523. The van der Waals surface area contributed by atoms with Gasteiger partial charge in [0, 0.05) is 11.6 Å². The quantitative estimate of drug-likeness (QED) is 0.692. The van der Waals surface area contributed by atoms with Gasteiger partial charge in [0.1, 0.15) is 0 Å². The Hall–Kier alpha value is -2.12. The largest absolute Gasteiger partial charge is 0.329 e. The molecule has 0 aromatic heterocycles. The Morgan fingerprint density at radius 2 is 2.04 bits per heavy atom. The van der Waals surface area contributed by atoms with Crippen molar-refractivity contribution in [2.75, 3.05) is 25.0 Å². The van der Waals surface area contributed by atoms with Crippen LogP contribution >= 0.6 is 12.4 Å². The number of carbonyl (C=O) groups excluding carboxylic acids is 3. The van der Waals surface area contributed by atoms with Gasteiger partial charge in [-0.25, -0.2) is 4.79 Å². The summed E-state index contributed by atoms with van der Waals surface area (Å²) in [4.78, 5) is 37.1. The minimum atomic E-state index is -0.370. The summed E-state index contributed by atoms with van der Waals surface area (Å²) in [6.07, 6.45) is 3.11. The molecule has 7 nitrogen and oxygen atoms in total. The SMILES string of the molecule is Cl.O=C(Nc1cccc(CN2C(=O)CNC2=O)c1)C1CC12CCNCC2. The number of urea groups is 1. The van der Waals surface area contributed by atoms with Crippen LogP contribution in [-0.4, -0.2) is 42.4 Å². The molecule has 4 rings (SSSR count). The second kappa shape index (κ2) is 7.25. The average Bonchev–Trinajstić information content (AvgIpc) is 3.22. The lowest BCUT2D eigenvalue weighted by Crippen LogP contribution is -2.31. The van der Waals surface area contributed by atoms with E-state index in [0.29, 0.717) is 5.69 Å². The second-order valence-electron chi connectivity index (χ2n) is 7.20. The predicted octanol–water partition coefficient (Wildman–Crippen LogP) is 1.49. The van der Waals surface area contributed by atoms with E-state index in [1.54, 1.807) is 0 Å². The molecule has 1 saturated carbocycles. The van der Waals surface area contributed by atoms with Crippen molar-refractivity contribution in [2.45, 2.75) is 25.8 Å². The highest BCUT2D eigenvalue weighted by molar-refractivity contribution is 6.02. The normalized spacial score (nSPS) is 23.4. The number of hydrogen-bond acceptors (Lipinski definition) is 4. The maximum Gasteiger partial charge on any atom is 0.324 e. The average molecular weight is 379 g/mol. The Morgan fingerprint density at radius 1 is 1.27 bits per heavy atom. The van der Waals surface area contributed by atoms with E-state index in [4.69, 9.17) is 0 Å². The predicted molar refractivity (Wildman–Crippen MR) is 98.9 cm³/mol. The number of hydrogen-bond donors (Lipinski definition) is 3. The lowest BCUT2D eigenvalue weighted by molar-refractivity contribution is -0.125. The van der Waals surface area contributed by atoms with Crippen LogP contribution in [0.1, 0.15) is 24.8 Å². The molecule has 1 unspecified atom stereocenters. The molecule has 1 aliphatic carbocycles. The second-order valence-corrected chi connectivity index (χ2v) is 7.20. The minimum absolute atomic E-state index is 0. The van der Waals surface area contributed by atoms with Crippen LogP contribution in [0.5, 0.6) is 0 Å². The smallest absolute Gasteiger partial charge is 0.324 e. The van der Waals surface area contributed by atoms with Gasteiger partial charge in [0.15, 0.2) is 0 Å². The fraction of sp³-hybridized carbons (Fsp3) is 0.500. The molecule has 0 radical (unpaired) electrons. The zero-order valence-electron chi connectivity index (χ0n) is 14.4. The fourth-order valence-corrected chi connectivity index (χ4v) is 3.97. The number of nitrogens with zero attached hydrogens (tertiary/aromatic N) is 1. The van der Waals surface area contributed by atoms with Crippen LogP contribution in [0, 0.1) is 11.3 Å². The van der Waals surface area contributed by atoms with Crippen molar-refractivity contribution in [3.8, 4) is 0 Å². The number of rotatable bonds is 4. The van der Waals surface area contributed by atoms with Crippen molar-refractivity contribution >= 4 is 35.9 Å². The summed E-state index contributed by atoms with van der Waals surface area (Å²) in [5, 5.41) is 8.85. The molecule has 8 heteroatoms. The third-order valence-electron chi connectivity index (χ3n) is 5.58. The Kier molecular flexibility index (Phi) is 5.20. The Balaban J connectivity index is 0.00000196. The van der Waals surface area contributed by atoms with Gasteiger partial charge < -0.3 is 16.0 Å². The van der Waals surface area contributed by atoms with Crippen molar-refractivity contribution in [1.29, 1.82) is 0 Å².